The van der Waals surface area contributed by atoms with E-state index in [1.807, 2.05) is 121 Å². The molecule has 0 saturated heterocycles. The number of carbonyl (C=O) groups is 1. The van der Waals surface area contributed by atoms with Crippen LogP contribution in [0.3, 0.4) is 0 Å². The van der Waals surface area contributed by atoms with Crippen molar-refractivity contribution in [2.24, 2.45) is 5.11 Å². The third-order valence-electron chi connectivity index (χ3n) is 9.19. The van der Waals surface area contributed by atoms with Gasteiger partial charge in [-0.2, -0.15) is 0 Å². The van der Waals surface area contributed by atoms with Crippen molar-refractivity contribution in [1.82, 2.24) is 5.32 Å². The first-order valence-corrected chi connectivity index (χ1v) is 18.1. The number of unbranched alkanes of at least 4 members (excludes halogenated alkanes) is 4. The van der Waals surface area contributed by atoms with Gasteiger partial charge in [-0.05, 0) is 34.2 Å². The van der Waals surface area contributed by atoms with Crippen LogP contribution in [0.25, 0.3) is 10.4 Å². The second-order valence-corrected chi connectivity index (χ2v) is 13.0. The molecule has 4 aromatic rings. The number of azide groups is 1. The van der Waals surface area contributed by atoms with Gasteiger partial charge in [0.2, 0.25) is 5.91 Å². The summed E-state index contributed by atoms with van der Waals surface area (Å²) in [4.78, 5) is 16.9. The predicted octanol–water partition coefficient (Wildman–Crippen LogP) is 8.87. The summed E-state index contributed by atoms with van der Waals surface area (Å²) in [5.74, 6) is -0.129. The first-order chi connectivity index (χ1) is 25.2. The van der Waals surface area contributed by atoms with Crippen molar-refractivity contribution < 1.29 is 23.7 Å². The molecule has 1 saturated carbocycles. The number of benzene rings is 4. The minimum absolute atomic E-state index is 0.129. The van der Waals surface area contributed by atoms with Crippen LogP contribution < -0.4 is 5.32 Å². The SMILES string of the molecule is CCCCCCCC(=O)N[C@@H]1[C@@H](N=[N+]=[N-])[C@H](OCc2ccccc2)[C@@H](OCc2ccccc2)[C@H](OCc2ccccc2)[C@H]1OCc1ccccc1. The highest BCUT2D eigenvalue weighted by Crippen LogP contribution is 2.35. The summed E-state index contributed by atoms with van der Waals surface area (Å²) >= 11 is 0. The maximum atomic E-state index is 13.7. The predicted molar refractivity (Wildman–Crippen MR) is 198 cm³/mol. The van der Waals surface area contributed by atoms with Gasteiger partial charge in [-0.15, -0.1) is 0 Å². The number of carbonyl (C=O) groups excluding carboxylic acids is 1. The van der Waals surface area contributed by atoms with Gasteiger partial charge in [0.15, 0.2) is 0 Å². The highest BCUT2D eigenvalue weighted by atomic mass is 16.6. The quantitative estimate of drug-likeness (QED) is 0.0431. The third-order valence-corrected chi connectivity index (χ3v) is 9.19. The maximum Gasteiger partial charge on any atom is 0.220 e. The maximum absolute atomic E-state index is 13.7. The van der Waals surface area contributed by atoms with Crippen LogP contribution in [-0.4, -0.2) is 42.4 Å². The first-order valence-electron chi connectivity index (χ1n) is 18.1. The molecule has 9 nitrogen and oxygen atoms in total. The van der Waals surface area contributed by atoms with Crippen molar-refractivity contribution in [3.8, 4) is 0 Å². The van der Waals surface area contributed by atoms with E-state index >= 15 is 0 Å². The summed E-state index contributed by atoms with van der Waals surface area (Å²) in [7, 11) is 0. The molecule has 9 heteroatoms. The lowest BCUT2D eigenvalue weighted by Crippen LogP contribution is -2.69. The Kier molecular flexibility index (Phi) is 15.5. The number of nitrogens with zero attached hydrogens (tertiary/aromatic N) is 3. The highest BCUT2D eigenvalue weighted by Gasteiger charge is 2.54. The third kappa shape index (κ3) is 11.8. The lowest BCUT2D eigenvalue weighted by atomic mass is 9.80. The van der Waals surface area contributed by atoms with Gasteiger partial charge in [0.05, 0.1) is 44.6 Å². The average molecular weight is 691 g/mol. The molecule has 4 aromatic carbocycles. The molecule has 6 atom stereocenters. The molecule has 1 N–H and O–H groups in total. The van der Waals surface area contributed by atoms with Crippen molar-refractivity contribution in [2.75, 3.05) is 0 Å². The fourth-order valence-corrected chi connectivity index (χ4v) is 6.52. The second-order valence-electron chi connectivity index (χ2n) is 13.0. The van der Waals surface area contributed by atoms with E-state index in [4.69, 9.17) is 18.9 Å². The zero-order chi connectivity index (χ0) is 35.5. The van der Waals surface area contributed by atoms with E-state index < -0.39 is 36.5 Å². The average Bonchev–Trinajstić information content (AvgIpc) is 3.17. The summed E-state index contributed by atoms with van der Waals surface area (Å²) in [6, 6.07) is 37.9. The minimum Gasteiger partial charge on any atom is -0.370 e. The van der Waals surface area contributed by atoms with Gasteiger partial charge in [-0.1, -0.05) is 159 Å². The molecule has 0 aliphatic heterocycles. The molecule has 51 heavy (non-hydrogen) atoms. The number of amides is 1. The second kappa shape index (κ2) is 21.0. The molecule has 0 aromatic heterocycles. The van der Waals surface area contributed by atoms with Crippen molar-refractivity contribution in [3.05, 3.63) is 154 Å². The molecule has 1 aliphatic rings. The number of hydrogen-bond acceptors (Lipinski definition) is 6. The number of hydrogen-bond donors (Lipinski definition) is 1. The zero-order valence-corrected chi connectivity index (χ0v) is 29.5. The van der Waals surface area contributed by atoms with Crippen LogP contribution in [0.2, 0.25) is 0 Å². The van der Waals surface area contributed by atoms with Crippen LogP contribution in [0, 0.1) is 0 Å². The molecule has 1 amide bonds. The van der Waals surface area contributed by atoms with Gasteiger partial charge in [-0.3, -0.25) is 4.79 Å². The van der Waals surface area contributed by atoms with Crippen molar-refractivity contribution in [2.45, 2.75) is 108 Å². The van der Waals surface area contributed by atoms with Gasteiger partial charge in [-0.25, -0.2) is 0 Å². The van der Waals surface area contributed by atoms with Gasteiger partial charge >= 0.3 is 0 Å². The van der Waals surface area contributed by atoms with Crippen LogP contribution >= 0.6 is 0 Å². The Morgan fingerprint density at radius 1 is 0.588 bits per heavy atom. The van der Waals surface area contributed by atoms with Gasteiger partial charge in [0.25, 0.3) is 0 Å². The fraction of sp³-hybridized carbons (Fsp3) is 0.405. The lowest BCUT2D eigenvalue weighted by Gasteiger charge is -2.49. The molecule has 0 heterocycles. The standard InChI is InChI=1S/C42H50N4O5/c1-2-3-4-5-18-27-36(47)44-37-38(45-46-43)40(49-29-33-21-12-7-13-22-33)42(51-31-35-25-16-9-17-26-35)41(50-30-34-23-14-8-15-24-34)39(37)48-28-32-19-10-6-11-20-32/h6-17,19-26,37-42H,2-5,18,27-31H2,1H3,(H,44,47)/t37-,38-,39+,40+,41-,42-/m1/s1. The minimum atomic E-state index is -0.860. The van der Waals surface area contributed by atoms with Crippen molar-refractivity contribution in [3.63, 3.8) is 0 Å². The van der Waals surface area contributed by atoms with E-state index in [1.165, 1.54) is 0 Å². The number of rotatable bonds is 20. The molecule has 268 valence electrons. The molecular formula is C42H50N4O5. The molecule has 5 rings (SSSR count). The van der Waals surface area contributed by atoms with Crippen LogP contribution in [0.15, 0.2) is 126 Å². The monoisotopic (exact) mass is 690 g/mol. The number of nitrogens with one attached hydrogen (secondary N) is 1. The summed E-state index contributed by atoms with van der Waals surface area (Å²) in [6.45, 7) is 3.21. The zero-order valence-electron chi connectivity index (χ0n) is 29.5. The van der Waals surface area contributed by atoms with E-state index in [1.54, 1.807) is 0 Å². The summed E-state index contributed by atoms with van der Waals surface area (Å²) in [6.07, 6.45) is 2.49. The Labute approximate surface area is 301 Å². The summed E-state index contributed by atoms with van der Waals surface area (Å²) in [5.41, 5.74) is 13.9. The fourth-order valence-electron chi connectivity index (χ4n) is 6.52. The Morgan fingerprint density at radius 3 is 1.41 bits per heavy atom. The Hall–Kier alpha value is -4.50. The highest BCUT2D eigenvalue weighted by molar-refractivity contribution is 5.76. The van der Waals surface area contributed by atoms with E-state index in [2.05, 4.69) is 22.3 Å². The van der Waals surface area contributed by atoms with Gasteiger partial charge < -0.3 is 24.3 Å². The smallest absolute Gasteiger partial charge is 0.220 e. The Bertz CT molecular complexity index is 1610. The van der Waals surface area contributed by atoms with Crippen molar-refractivity contribution >= 4 is 5.91 Å². The van der Waals surface area contributed by atoms with Crippen LogP contribution in [0.4, 0.5) is 0 Å². The van der Waals surface area contributed by atoms with Crippen molar-refractivity contribution in [1.29, 1.82) is 0 Å². The lowest BCUT2D eigenvalue weighted by molar-refractivity contribution is -0.226. The number of ether oxygens (including phenoxy) is 4. The topological polar surface area (TPSA) is 115 Å². The molecule has 1 fully saturated rings. The molecule has 1 aliphatic carbocycles. The Balaban J connectivity index is 1.53. The van der Waals surface area contributed by atoms with E-state index in [9.17, 15) is 10.3 Å². The molecule has 0 unspecified atom stereocenters. The van der Waals surface area contributed by atoms with Crippen LogP contribution in [0.1, 0.15) is 67.7 Å². The molecule has 0 bridgehead atoms. The summed E-state index contributed by atoms with van der Waals surface area (Å²) in [5, 5.41) is 7.56. The van der Waals surface area contributed by atoms with E-state index in [0.29, 0.717) is 6.42 Å². The molecule has 0 radical (unpaired) electrons. The van der Waals surface area contributed by atoms with Crippen LogP contribution in [-0.2, 0) is 50.2 Å². The van der Waals surface area contributed by atoms with Gasteiger partial charge in [0, 0.05) is 11.3 Å². The first kappa shape index (κ1) is 37.7. The molecule has 0 spiro atoms. The molecular weight excluding hydrogens is 640 g/mol. The summed E-state index contributed by atoms with van der Waals surface area (Å²) < 4.78 is 27.0. The van der Waals surface area contributed by atoms with E-state index in [-0.39, 0.29) is 32.3 Å². The van der Waals surface area contributed by atoms with E-state index in [0.717, 1.165) is 54.4 Å². The van der Waals surface area contributed by atoms with Crippen LogP contribution in [0.5, 0.6) is 0 Å². The van der Waals surface area contributed by atoms with Gasteiger partial charge in [0.1, 0.15) is 18.3 Å². The normalized spacial score (nSPS) is 21.4. The Morgan fingerprint density at radius 2 is 0.980 bits per heavy atom. The largest absolute Gasteiger partial charge is 0.370 e.